The standard InChI is InChI=1S/C25H37N3O2/c1-18(2)25(30)28-16-14-27(15-17-28)23(20-9-3-4-10-20)24(29)26-22-13-7-11-19-8-5-6-12-21(19)22/h5-6,8,12,18,20,22-23H,3-4,7,9-11,13-17H2,1-2H3,(H,26,29)/t22-,23-/m0/s1. The molecular weight excluding hydrogens is 374 g/mol. The highest BCUT2D eigenvalue weighted by Crippen LogP contribution is 2.33. The van der Waals surface area contributed by atoms with E-state index in [2.05, 4.69) is 34.5 Å². The molecule has 2 atom stereocenters. The number of carbonyl (C=O) groups is 2. The van der Waals surface area contributed by atoms with Crippen molar-refractivity contribution in [2.75, 3.05) is 26.2 Å². The second-order valence-corrected chi connectivity index (χ2v) is 9.66. The molecule has 5 nitrogen and oxygen atoms in total. The first kappa shape index (κ1) is 21.4. The number of nitrogens with one attached hydrogen (secondary N) is 1. The third-order valence-corrected chi connectivity index (χ3v) is 7.31. The molecule has 30 heavy (non-hydrogen) atoms. The first-order chi connectivity index (χ1) is 14.5. The molecule has 0 unspecified atom stereocenters. The van der Waals surface area contributed by atoms with Gasteiger partial charge in [0.25, 0.3) is 0 Å². The average molecular weight is 412 g/mol. The molecule has 1 N–H and O–H groups in total. The summed E-state index contributed by atoms with van der Waals surface area (Å²) in [5, 5.41) is 3.44. The van der Waals surface area contributed by atoms with Crippen LogP contribution in [0.5, 0.6) is 0 Å². The van der Waals surface area contributed by atoms with Crippen molar-refractivity contribution in [3.05, 3.63) is 35.4 Å². The SMILES string of the molecule is CC(C)C(=O)N1CCN([C@H](C(=O)N[C@H]2CCCc3ccccc32)C2CCCC2)CC1. The van der Waals surface area contributed by atoms with Gasteiger partial charge in [0.05, 0.1) is 12.1 Å². The van der Waals surface area contributed by atoms with Gasteiger partial charge in [0.15, 0.2) is 0 Å². The third kappa shape index (κ3) is 4.56. The number of piperazine rings is 1. The minimum absolute atomic E-state index is 0.0387. The molecule has 0 spiro atoms. The molecule has 1 saturated heterocycles. The second kappa shape index (κ2) is 9.51. The molecule has 3 aliphatic rings. The molecular formula is C25H37N3O2. The summed E-state index contributed by atoms with van der Waals surface area (Å²) >= 11 is 0. The van der Waals surface area contributed by atoms with Gasteiger partial charge in [0.2, 0.25) is 11.8 Å². The van der Waals surface area contributed by atoms with E-state index in [9.17, 15) is 9.59 Å². The third-order valence-electron chi connectivity index (χ3n) is 7.31. The average Bonchev–Trinajstić information content (AvgIpc) is 3.28. The smallest absolute Gasteiger partial charge is 0.238 e. The van der Waals surface area contributed by atoms with Crippen molar-refractivity contribution in [2.24, 2.45) is 11.8 Å². The number of rotatable bonds is 5. The van der Waals surface area contributed by atoms with E-state index in [0.29, 0.717) is 5.92 Å². The topological polar surface area (TPSA) is 52.7 Å². The Morgan fingerprint density at radius 2 is 1.67 bits per heavy atom. The molecule has 1 saturated carbocycles. The summed E-state index contributed by atoms with van der Waals surface area (Å²) in [6.07, 6.45) is 8.01. The molecule has 1 aromatic carbocycles. The lowest BCUT2D eigenvalue weighted by molar-refractivity contribution is -0.138. The van der Waals surface area contributed by atoms with Crippen LogP contribution in [0.4, 0.5) is 0 Å². The fourth-order valence-corrected chi connectivity index (χ4v) is 5.70. The van der Waals surface area contributed by atoms with Crippen LogP contribution in [0.2, 0.25) is 0 Å². The normalized spacial score (nSPS) is 24.0. The summed E-state index contributed by atoms with van der Waals surface area (Å²) < 4.78 is 0. The Morgan fingerprint density at radius 1 is 0.967 bits per heavy atom. The molecule has 4 rings (SSSR count). The van der Waals surface area contributed by atoms with Crippen molar-refractivity contribution in [3.63, 3.8) is 0 Å². The van der Waals surface area contributed by atoms with Crippen LogP contribution >= 0.6 is 0 Å². The molecule has 0 radical (unpaired) electrons. The Morgan fingerprint density at radius 3 is 2.37 bits per heavy atom. The van der Waals surface area contributed by atoms with Gasteiger partial charge in [0, 0.05) is 32.1 Å². The molecule has 0 aromatic heterocycles. The molecule has 1 aromatic rings. The van der Waals surface area contributed by atoms with E-state index < -0.39 is 0 Å². The van der Waals surface area contributed by atoms with Gasteiger partial charge in [-0.1, -0.05) is 51.0 Å². The lowest BCUT2D eigenvalue weighted by Gasteiger charge is -2.42. The zero-order chi connectivity index (χ0) is 21.1. The van der Waals surface area contributed by atoms with Crippen molar-refractivity contribution in [2.45, 2.75) is 70.9 Å². The quantitative estimate of drug-likeness (QED) is 0.806. The zero-order valence-electron chi connectivity index (χ0n) is 18.6. The Kier molecular flexibility index (Phi) is 6.77. The van der Waals surface area contributed by atoms with Gasteiger partial charge in [-0.3, -0.25) is 14.5 Å². The minimum Gasteiger partial charge on any atom is -0.348 e. The molecule has 1 aliphatic heterocycles. The van der Waals surface area contributed by atoms with E-state index in [4.69, 9.17) is 0 Å². The summed E-state index contributed by atoms with van der Waals surface area (Å²) in [5.41, 5.74) is 2.68. The fraction of sp³-hybridized carbons (Fsp3) is 0.680. The molecule has 5 heteroatoms. The maximum absolute atomic E-state index is 13.6. The van der Waals surface area contributed by atoms with Gasteiger partial charge in [-0.05, 0) is 49.1 Å². The number of carbonyl (C=O) groups excluding carboxylic acids is 2. The molecule has 2 aliphatic carbocycles. The lowest BCUT2D eigenvalue weighted by atomic mass is 9.87. The van der Waals surface area contributed by atoms with E-state index in [1.807, 2.05) is 18.7 Å². The van der Waals surface area contributed by atoms with Crippen molar-refractivity contribution < 1.29 is 9.59 Å². The molecule has 2 fully saturated rings. The number of hydrogen-bond donors (Lipinski definition) is 1. The lowest BCUT2D eigenvalue weighted by Crippen LogP contribution is -2.58. The number of amides is 2. The molecule has 1 heterocycles. The minimum atomic E-state index is -0.0575. The van der Waals surface area contributed by atoms with Crippen LogP contribution in [-0.2, 0) is 16.0 Å². The van der Waals surface area contributed by atoms with E-state index in [0.717, 1.165) is 58.3 Å². The first-order valence-electron chi connectivity index (χ1n) is 12.0. The number of benzene rings is 1. The highest BCUT2D eigenvalue weighted by molar-refractivity contribution is 5.83. The largest absolute Gasteiger partial charge is 0.348 e. The van der Waals surface area contributed by atoms with E-state index in [1.54, 1.807) is 0 Å². The van der Waals surface area contributed by atoms with Crippen LogP contribution in [0.3, 0.4) is 0 Å². The van der Waals surface area contributed by atoms with Gasteiger partial charge in [0.1, 0.15) is 0 Å². The molecule has 2 amide bonds. The number of aryl methyl sites for hydroxylation is 1. The number of fused-ring (bicyclic) bond motifs is 1. The summed E-state index contributed by atoms with van der Waals surface area (Å²) in [6, 6.07) is 8.64. The Labute approximate surface area is 181 Å². The monoisotopic (exact) mass is 411 g/mol. The summed E-state index contributed by atoms with van der Waals surface area (Å²) in [5.74, 6) is 0.913. The predicted molar refractivity (Wildman–Crippen MR) is 119 cm³/mol. The van der Waals surface area contributed by atoms with Gasteiger partial charge >= 0.3 is 0 Å². The van der Waals surface area contributed by atoms with Gasteiger partial charge in [-0.25, -0.2) is 0 Å². The maximum atomic E-state index is 13.6. The first-order valence-corrected chi connectivity index (χ1v) is 12.0. The van der Waals surface area contributed by atoms with Crippen LogP contribution < -0.4 is 5.32 Å². The Bertz CT molecular complexity index is 749. The van der Waals surface area contributed by atoms with Crippen molar-refractivity contribution in [1.82, 2.24) is 15.1 Å². The van der Waals surface area contributed by atoms with Crippen LogP contribution in [0.15, 0.2) is 24.3 Å². The van der Waals surface area contributed by atoms with Crippen molar-refractivity contribution in [1.29, 1.82) is 0 Å². The van der Waals surface area contributed by atoms with Crippen molar-refractivity contribution in [3.8, 4) is 0 Å². The second-order valence-electron chi connectivity index (χ2n) is 9.66. The summed E-state index contributed by atoms with van der Waals surface area (Å²) in [7, 11) is 0. The van der Waals surface area contributed by atoms with Crippen molar-refractivity contribution >= 4 is 11.8 Å². The number of nitrogens with zero attached hydrogens (tertiary/aromatic N) is 2. The van der Waals surface area contributed by atoms with Gasteiger partial charge in [-0.15, -0.1) is 0 Å². The van der Waals surface area contributed by atoms with Crippen LogP contribution in [0, 0.1) is 11.8 Å². The fourth-order valence-electron chi connectivity index (χ4n) is 5.70. The van der Waals surface area contributed by atoms with Crippen LogP contribution in [0.1, 0.15) is 69.5 Å². The summed E-state index contributed by atoms with van der Waals surface area (Å²) in [6.45, 7) is 7.00. The highest BCUT2D eigenvalue weighted by Gasteiger charge is 2.38. The van der Waals surface area contributed by atoms with E-state index in [1.165, 1.54) is 24.0 Å². The van der Waals surface area contributed by atoms with Crippen LogP contribution in [-0.4, -0.2) is 53.8 Å². The molecule has 164 valence electrons. The van der Waals surface area contributed by atoms with E-state index >= 15 is 0 Å². The van der Waals surface area contributed by atoms with E-state index in [-0.39, 0.29) is 29.8 Å². The maximum Gasteiger partial charge on any atom is 0.238 e. The van der Waals surface area contributed by atoms with Gasteiger partial charge < -0.3 is 10.2 Å². The zero-order valence-corrected chi connectivity index (χ0v) is 18.6. The highest BCUT2D eigenvalue weighted by atomic mass is 16.2. The predicted octanol–water partition coefficient (Wildman–Crippen LogP) is 3.54. The van der Waals surface area contributed by atoms with Gasteiger partial charge in [-0.2, -0.15) is 0 Å². The number of hydrogen-bond acceptors (Lipinski definition) is 3. The summed E-state index contributed by atoms with van der Waals surface area (Å²) in [4.78, 5) is 30.3. The Balaban J connectivity index is 1.45. The Hall–Kier alpha value is -1.88. The molecule has 0 bridgehead atoms. The van der Waals surface area contributed by atoms with Crippen LogP contribution in [0.25, 0.3) is 0 Å².